The summed E-state index contributed by atoms with van der Waals surface area (Å²) in [6.07, 6.45) is -7.35. The maximum atomic E-state index is 10.1. The number of rotatable bonds is 5. The maximum Gasteiger partial charge on any atom is 0.335 e. The van der Waals surface area contributed by atoms with Crippen molar-refractivity contribution in [3.63, 3.8) is 0 Å². The molecule has 0 amide bonds. The Labute approximate surface area is 74.0 Å². The number of aliphatic carboxylic acids is 1. The van der Waals surface area contributed by atoms with Gasteiger partial charge in [0.05, 0.1) is 6.10 Å². The summed E-state index contributed by atoms with van der Waals surface area (Å²) in [5, 5.41) is 43.8. The van der Waals surface area contributed by atoms with Crippen LogP contribution in [0.4, 0.5) is 0 Å². The van der Waals surface area contributed by atoms with Crippen molar-refractivity contribution in [3.8, 4) is 0 Å². The van der Waals surface area contributed by atoms with E-state index in [0.29, 0.717) is 0 Å². The van der Waals surface area contributed by atoms with E-state index in [0.717, 1.165) is 0 Å². The predicted octanol–water partition coefficient (Wildman–Crippen LogP) is -3.53. The van der Waals surface area contributed by atoms with Crippen LogP contribution in [-0.4, -0.2) is 62.5 Å². The molecule has 0 saturated heterocycles. The molecule has 7 nitrogen and oxygen atoms in total. The SMILES string of the molecule is NC[C@@H](O)[C@@H](O)[C@H](O)[C@H](O)C(=O)O. The van der Waals surface area contributed by atoms with Crippen molar-refractivity contribution in [1.29, 1.82) is 0 Å². The summed E-state index contributed by atoms with van der Waals surface area (Å²) in [5.41, 5.74) is 4.94. The van der Waals surface area contributed by atoms with E-state index < -0.39 is 30.4 Å². The number of aliphatic hydroxyl groups is 4. The van der Waals surface area contributed by atoms with Crippen molar-refractivity contribution in [3.05, 3.63) is 0 Å². The standard InChI is InChI=1S/C6H13NO6/c7-1-2(8)3(9)4(10)5(11)6(12)13/h2-5,8-11H,1,7H2,(H,12,13)/t2-,3-,4+,5+/m1/s1. The molecule has 0 aliphatic heterocycles. The molecule has 0 fully saturated rings. The van der Waals surface area contributed by atoms with Gasteiger partial charge in [0.1, 0.15) is 12.2 Å². The summed E-state index contributed by atoms with van der Waals surface area (Å²) in [6.45, 7) is -0.343. The van der Waals surface area contributed by atoms with Crippen LogP contribution in [0.1, 0.15) is 0 Å². The number of carboxylic acids is 1. The lowest BCUT2D eigenvalue weighted by atomic mass is 10.0. The molecule has 0 aromatic rings. The fraction of sp³-hybridized carbons (Fsp3) is 0.833. The average Bonchev–Trinajstić information content (AvgIpc) is 2.12. The zero-order chi connectivity index (χ0) is 10.6. The number of hydrogen-bond acceptors (Lipinski definition) is 6. The molecule has 0 radical (unpaired) electrons. The number of carboxylic acid groups (broad SMARTS) is 1. The first-order valence-corrected chi connectivity index (χ1v) is 3.57. The molecular formula is C6H13NO6. The van der Waals surface area contributed by atoms with E-state index in [9.17, 15) is 4.79 Å². The van der Waals surface area contributed by atoms with Crippen LogP contribution >= 0.6 is 0 Å². The summed E-state index contributed by atoms with van der Waals surface area (Å²) < 4.78 is 0. The Morgan fingerprint density at radius 3 is 1.92 bits per heavy atom. The second kappa shape index (κ2) is 5.10. The summed E-state index contributed by atoms with van der Waals surface area (Å²) in [6, 6.07) is 0. The minimum Gasteiger partial charge on any atom is -0.479 e. The van der Waals surface area contributed by atoms with Crippen LogP contribution in [0.2, 0.25) is 0 Å². The highest BCUT2D eigenvalue weighted by atomic mass is 16.4. The fourth-order valence-corrected chi connectivity index (χ4v) is 0.700. The molecule has 7 N–H and O–H groups in total. The lowest BCUT2D eigenvalue weighted by Crippen LogP contribution is -2.49. The topological polar surface area (TPSA) is 144 Å². The van der Waals surface area contributed by atoms with Gasteiger partial charge >= 0.3 is 5.97 Å². The Balaban J connectivity index is 4.24. The molecule has 0 heterocycles. The number of aliphatic hydroxyl groups excluding tert-OH is 4. The molecule has 0 saturated carbocycles. The molecule has 0 aliphatic rings. The van der Waals surface area contributed by atoms with Gasteiger partial charge in [-0.15, -0.1) is 0 Å². The van der Waals surface area contributed by atoms with Gasteiger partial charge in [0.2, 0.25) is 0 Å². The monoisotopic (exact) mass is 195 g/mol. The van der Waals surface area contributed by atoms with Crippen molar-refractivity contribution in [1.82, 2.24) is 0 Å². The van der Waals surface area contributed by atoms with E-state index in [2.05, 4.69) is 0 Å². The van der Waals surface area contributed by atoms with Crippen molar-refractivity contribution >= 4 is 5.97 Å². The molecule has 78 valence electrons. The molecule has 0 bridgehead atoms. The van der Waals surface area contributed by atoms with Crippen LogP contribution in [0.15, 0.2) is 0 Å². The Morgan fingerprint density at radius 1 is 1.15 bits per heavy atom. The van der Waals surface area contributed by atoms with Crippen LogP contribution in [0, 0.1) is 0 Å². The smallest absolute Gasteiger partial charge is 0.335 e. The van der Waals surface area contributed by atoms with Gasteiger partial charge in [0, 0.05) is 6.54 Å². The minimum atomic E-state index is -2.14. The molecule has 0 rings (SSSR count). The second-order valence-electron chi connectivity index (χ2n) is 2.57. The summed E-state index contributed by atoms with van der Waals surface area (Å²) in [7, 11) is 0. The van der Waals surface area contributed by atoms with Crippen LogP contribution < -0.4 is 5.73 Å². The highest BCUT2D eigenvalue weighted by molar-refractivity contribution is 5.72. The second-order valence-corrected chi connectivity index (χ2v) is 2.57. The van der Waals surface area contributed by atoms with Crippen LogP contribution in [0.25, 0.3) is 0 Å². The third-order valence-electron chi connectivity index (χ3n) is 1.56. The molecule has 0 aromatic carbocycles. The third-order valence-corrected chi connectivity index (χ3v) is 1.56. The van der Waals surface area contributed by atoms with E-state index in [-0.39, 0.29) is 6.54 Å². The Kier molecular flexibility index (Phi) is 4.81. The van der Waals surface area contributed by atoms with Gasteiger partial charge in [0.15, 0.2) is 6.10 Å². The van der Waals surface area contributed by atoms with Crippen molar-refractivity contribution < 1.29 is 30.3 Å². The average molecular weight is 195 g/mol. The van der Waals surface area contributed by atoms with Gasteiger partial charge in [-0.3, -0.25) is 0 Å². The van der Waals surface area contributed by atoms with Gasteiger partial charge in [-0.2, -0.15) is 0 Å². The maximum absolute atomic E-state index is 10.1. The first kappa shape index (κ1) is 12.3. The lowest BCUT2D eigenvalue weighted by Gasteiger charge is -2.23. The molecule has 0 aliphatic carbocycles. The Hall–Kier alpha value is -0.730. The molecule has 7 heteroatoms. The zero-order valence-electron chi connectivity index (χ0n) is 6.74. The van der Waals surface area contributed by atoms with E-state index in [1.54, 1.807) is 0 Å². The van der Waals surface area contributed by atoms with E-state index in [1.807, 2.05) is 0 Å². The van der Waals surface area contributed by atoms with Crippen molar-refractivity contribution in [2.45, 2.75) is 24.4 Å². The summed E-state index contributed by atoms with van der Waals surface area (Å²) in [4.78, 5) is 10.1. The molecule has 0 aromatic heterocycles. The first-order chi connectivity index (χ1) is 5.91. The van der Waals surface area contributed by atoms with Gasteiger partial charge in [-0.25, -0.2) is 4.79 Å². The first-order valence-electron chi connectivity index (χ1n) is 3.57. The quantitative estimate of drug-likeness (QED) is 0.266. The molecular weight excluding hydrogens is 182 g/mol. The fourth-order valence-electron chi connectivity index (χ4n) is 0.700. The number of nitrogens with two attached hydrogens (primary N) is 1. The minimum absolute atomic E-state index is 0.343. The van der Waals surface area contributed by atoms with Crippen molar-refractivity contribution in [2.24, 2.45) is 5.73 Å². The van der Waals surface area contributed by atoms with Gasteiger partial charge in [-0.05, 0) is 0 Å². The normalized spacial score (nSPS) is 20.4. The third kappa shape index (κ3) is 3.25. The van der Waals surface area contributed by atoms with Gasteiger partial charge in [-0.1, -0.05) is 0 Å². The zero-order valence-corrected chi connectivity index (χ0v) is 6.74. The van der Waals surface area contributed by atoms with Crippen LogP contribution in [0.5, 0.6) is 0 Å². The lowest BCUT2D eigenvalue weighted by molar-refractivity contribution is -0.162. The van der Waals surface area contributed by atoms with Crippen LogP contribution in [0.3, 0.4) is 0 Å². The largest absolute Gasteiger partial charge is 0.479 e. The molecule has 0 unspecified atom stereocenters. The van der Waals surface area contributed by atoms with E-state index >= 15 is 0 Å². The van der Waals surface area contributed by atoms with Gasteiger partial charge < -0.3 is 31.3 Å². The molecule has 0 spiro atoms. The predicted molar refractivity (Wildman–Crippen MR) is 40.7 cm³/mol. The Bertz CT molecular complexity index is 175. The van der Waals surface area contributed by atoms with Crippen LogP contribution in [-0.2, 0) is 4.79 Å². The van der Waals surface area contributed by atoms with Gasteiger partial charge in [0.25, 0.3) is 0 Å². The van der Waals surface area contributed by atoms with Crippen molar-refractivity contribution in [2.75, 3.05) is 6.54 Å². The number of carbonyl (C=O) groups is 1. The Morgan fingerprint density at radius 2 is 1.62 bits per heavy atom. The van der Waals surface area contributed by atoms with E-state index in [1.165, 1.54) is 0 Å². The number of hydrogen-bond donors (Lipinski definition) is 6. The highest BCUT2D eigenvalue weighted by Crippen LogP contribution is 2.04. The molecule has 13 heavy (non-hydrogen) atoms. The van der Waals surface area contributed by atoms with E-state index in [4.69, 9.17) is 31.3 Å². The highest BCUT2D eigenvalue weighted by Gasteiger charge is 2.33. The summed E-state index contributed by atoms with van der Waals surface area (Å²) in [5.74, 6) is -1.68. The summed E-state index contributed by atoms with van der Waals surface area (Å²) >= 11 is 0. The molecule has 4 atom stereocenters.